The Morgan fingerprint density at radius 3 is 2.65 bits per heavy atom. The van der Waals surface area contributed by atoms with Crippen molar-refractivity contribution < 1.29 is 12.4 Å². The lowest BCUT2D eigenvalue weighted by atomic mass is 10.0. The average molecular weight is 271 g/mol. The maximum atomic E-state index is 3.60. The third-order valence-electron chi connectivity index (χ3n) is 3.17. The highest BCUT2D eigenvalue weighted by Gasteiger charge is 2.11. The minimum absolute atomic E-state index is 0. The van der Waals surface area contributed by atoms with Crippen molar-refractivity contribution in [3.05, 3.63) is 29.8 Å². The van der Waals surface area contributed by atoms with Gasteiger partial charge in [-0.1, -0.05) is 24.1 Å². The van der Waals surface area contributed by atoms with Crippen LogP contribution in [0, 0.1) is 6.92 Å². The van der Waals surface area contributed by atoms with Crippen LogP contribution in [0.2, 0.25) is 0 Å². The number of nitrogens with one attached hydrogen (secondary N) is 1. The number of halogens is 1. The molecule has 1 aromatic rings. The topological polar surface area (TPSA) is 12.0 Å². The summed E-state index contributed by atoms with van der Waals surface area (Å²) in [6, 6.07) is 9.62. The van der Waals surface area contributed by atoms with Crippen LogP contribution in [0.4, 0.5) is 0 Å². The fraction of sp³-hybridized carbons (Fsp3) is 0.571. The van der Waals surface area contributed by atoms with Crippen molar-refractivity contribution in [2.75, 3.05) is 12.3 Å². The van der Waals surface area contributed by atoms with Crippen molar-refractivity contribution in [1.29, 1.82) is 0 Å². The summed E-state index contributed by atoms with van der Waals surface area (Å²) < 4.78 is 0. The van der Waals surface area contributed by atoms with E-state index in [0.29, 0.717) is 0 Å². The largest absolute Gasteiger partial charge is 1.00 e. The highest BCUT2D eigenvalue weighted by Crippen LogP contribution is 2.21. The van der Waals surface area contributed by atoms with Gasteiger partial charge in [0, 0.05) is 10.9 Å². The van der Waals surface area contributed by atoms with E-state index < -0.39 is 0 Å². The summed E-state index contributed by atoms with van der Waals surface area (Å²) >= 11 is 1.98. The second kappa shape index (κ2) is 8.02. The van der Waals surface area contributed by atoms with E-state index in [2.05, 4.69) is 36.5 Å². The average Bonchev–Trinajstić information content (AvgIpc) is 2.33. The lowest BCUT2D eigenvalue weighted by Crippen LogP contribution is -3.00. The van der Waals surface area contributed by atoms with Gasteiger partial charge in [0.15, 0.2) is 0 Å². The van der Waals surface area contributed by atoms with Gasteiger partial charge in [0.1, 0.15) is 0 Å². The highest BCUT2D eigenvalue weighted by molar-refractivity contribution is 7.99. The van der Waals surface area contributed by atoms with E-state index in [1.165, 1.54) is 48.4 Å². The SMILES string of the molecule is Cc1ccc(SCCC2CCCCN2)cc1.[Cl-]. The van der Waals surface area contributed by atoms with Crippen molar-refractivity contribution in [2.45, 2.75) is 43.5 Å². The number of hydrogen-bond donors (Lipinski definition) is 1. The fourth-order valence-corrected chi connectivity index (χ4v) is 3.09. The first-order valence-electron chi connectivity index (χ1n) is 6.27. The molecule has 0 spiro atoms. The molecule has 0 aliphatic carbocycles. The quantitative estimate of drug-likeness (QED) is 0.806. The molecular weight excluding hydrogens is 250 g/mol. The summed E-state index contributed by atoms with van der Waals surface area (Å²) in [7, 11) is 0. The standard InChI is InChI=1S/C14H21NS.ClH/c1-12-5-7-14(8-6-12)16-11-9-13-4-2-3-10-15-13;/h5-8,13,15H,2-4,9-11H2,1H3;1H/p-1. The Labute approximate surface area is 115 Å². The second-order valence-corrected chi connectivity index (χ2v) is 5.77. The molecule has 0 saturated carbocycles. The summed E-state index contributed by atoms with van der Waals surface area (Å²) in [5.74, 6) is 1.24. The Bertz CT molecular complexity index is 307. The summed E-state index contributed by atoms with van der Waals surface area (Å²) in [6.45, 7) is 3.36. The number of benzene rings is 1. The molecule has 1 aromatic carbocycles. The Morgan fingerprint density at radius 1 is 1.24 bits per heavy atom. The van der Waals surface area contributed by atoms with Gasteiger partial charge in [-0.15, -0.1) is 11.8 Å². The van der Waals surface area contributed by atoms with E-state index in [0.717, 1.165) is 6.04 Å². The maximum absolute atomic E-state index is 3.60. The van der Waals surface area contributed by atoms with Crippen LogP contribution in [0.3, 0.4) is 0 Å². The van der Waals surface area contributed by atoms with Gasteiger partial charge in [-0.25, -0.2) is 0 Å². The van der Waals surface area contributed by atoms with Crippen LogP contribution in [-0.4, -0.2) is 18.3 Å². The van der Waals surface area contributed by atoms with E-state index in [4.69, 9.17) is 0 Å². The second-order valence-electron chi connectivity index (χ2n) is 4.60. The van der Waals surface area contributed by atoms with Crippen molar-refractivity contribution in [2.24, 2.45) is 0 Å². The van der Waals surface area contributed by atoms with E-state index in [1.54, 1.807) is 0 Å². The molecular formula is C14H21ClNS-. The molecule has 1 fully saturated rings. The Kier molecular flexibility index (Phi) is 7.02. The van der Waals surface area contributed by atoms with Crippen molar-refractivity contribution >= 4 is 11.8 Å². The number of rotatable bonds is 4. The molecule has 2 rings (SSSR count). The van der Waals surface area contributed by atoms with Gasteiger partial charge in [0.05, 0.1) is 0 Å². The molecule has 0 amide bonds. The summed E-state index contributed by atoms with van der Waals surface area (Å²) in [5.41, 5.74) is 1.35. The van der Waals surface area contributed by atoms with E-state index in [-0.39, 0.29) is 12.4 Å². The van der Waals surface area contributed by atoms with Gasteiger partial charge in [-0.2, -0.15) is 0 Å². The fourth-order valence-electron chi connectivity index (χ4n) is 2.12. The number of hydrogen-bond acceptors (Lipinski definition) is 2. The zero-order chi connectivity index (χ0) is 11.2. The van der Waals surface area contributed by atoms with Gasteiger partial charge in [0.25, 0.3) is 0 Å². The number of thioether (sulfide) groups is 1. The van der Waals surface area contributed by atoms with Gasteiger partial charge >= 0.3 is 0 Å². The molecule has 0 radical (unpaired) electrons. The van der Waals surface area contributed by atoms with Crippen molar-refractivity contribution in [3.63, 3.8) is 0 Å². The lowest BCUT2D eigenvalue weighted by Gasteiger charge is -2.23. The molecule has 96 valence electrons. The van der Waals surface area contributed by atoms with Gasteiger partial charge in [-0.3, -0.25) is 0 Å². The van der Waals surface area contributed by atoms with Crippen LogP contribution in [0.15, 0.2) is 29.2 Å². The first kappa shape index (κ1) is 14.9. The summed E-state index contributed by atoms with van der Waals surface area (Å²) in [4.78, 5) is 1.40. The normalized spacial score (nSPS) is 19.7. The molecule has 1 nitrogen and oxygen atoms in total. The molecule has 1 unspecified atom stereocenters. The van der Waals surface area contributed by atoms with Crippen LogP contribution >= 0.6 is 11.8 Å². The molecule has 1 N–H and O–H groups in total. The minimum Gasteiger partial charge on any atom is -1.00 e. The zero-order valence-corrected chi connectivity index (χ0v) is 12.0. The molecule has 0 aromatic heterocycles. The van der Waals surface area contributed by atoms with Gasteiger partial charge in [-0.05, 0) is 50.6 Å². The van der Waals surface area contributed by atoms with Crippen LogP contribution < -0.4 is 17.7 Å². The van der Waals surface area contributed by atoms with Crippen LogP contribution in [-0.2, 0) is 0 Å². The Hall–Kier alpha value is -0.180. The molecule has 1 atom stereocenters. The van der Waals surface area contributed by atoms with E-state index in [9.17, 15) is 0 Å². The zero-order valence-electron chi connectivity index (χ0n) is 10.4. The number of piperidine rings is 1. The summed E-state index contributed by atoms with van der Waals surface area (Å²) in [6.07, 6.45) is 5.45. The predicted octanol–water partition coefficient (Wildman–Crippen LogP) is 0.623. The van der Waals surface area contributed by atoms with Crippen LogP contribution in [0.5, 0.6) is 0 Å². The molecule has 1 aliphatic rings. The van der Waals surface area contributed by atoms with E-state index in [1.807, 2.05) is 11.8 Å². The highest BCUT2D eigenvalue weighted by atomic mass is 35.5. The predicted molar refractivity (Wildman–Crippen MR) is 72.2 cm³/mol. The molecule has 1 heterocycles. The van der Waals surface area contributed by atoms with Gasteiger partial charge < -0.3 is 17.7 Å². The molecule has 0 bridgehead atoms. The third-order valence-corrected chi connectivity index (χ3v) is 4.21. The van der Waals surface area contributed by atoms with E-state index >= 15 is 0 Å². The molecule has 3 heteroatoms. The summed E-state index contributed by atoms with van der Waals surface area (Å²) in [5, 5.41) is 3.60. The van der Waals surface area contributed by atoms with Gasteiger partial charge in [0.2, 0.25) is 0 Å². The molecule has 17 heavy (non-hydrogen) atoms. The first-order chi connectivity index (χ1) is 7.84. The first-order valence-corrected chi connectivity index (χ1v) is 7.26. The molecule has 1 aliphatic heterocycles. The Morgan fingerprint density at radius 2 is 2.00 bits per heavy atom. The Balaban J connectivity index is 0.00000144. The lowest BCUT2D eigenvalue weighted by molar-refractivity contribution is -0.00000342. The smallest absolute Gasteiger partial charge is 0.00750 e. The van der Waals surface area contributed by atoms with Crippen molar-refractivity contribution in [1.82, 2.24) is 5.32 Å². The third kappa shape index (κ3) is 5.33. The van der Waals surface area contributed by atoms with Crippen LogP contribution in [0.25, 0.3) is 0 Å². The molecule has 1 saturated heterocycles. The van der Waals surface area contributed by atoms with Crippen LogP contribution in [0.1, 0.15) is 31.2 Å². The monoisotopic (exact) mass is 270 g/mol. The number of aryl methyl sites for hydroxylation is 1. The van der Waals surface area contributed by atoms with Crippen molar-refractivity contribution in [3.8, 4) is 0 Å². The minimum atomic E-state index is 0. The maximum Gasteiger partial charge on any atom is 0.00750 e.